The number of aliphatic hydroxyl groups is 1. The predicted octanol–water partition coefficient (Wildman–Crippen LogP) is 20.9. The van der Waals surface area contributed by atoms with E-state index in [9.17, 15) is 31.1 Å². The number of carbonyl (C=O) groups is 1. The molecule has 0 bridgehead atoms. The van der Waals surface area contributed by atoms with Crippen molar-refractivity contribution in [3.05, 3.63) is 306 Å². The fourth-order valence-corrected chi connectivity index (χ4v) is 10.9. The lowest BCUT2D eigenvalue weighted by Crippen LogP contribution is -2.07. The highest BCUT2D eigenvalue weighted by Crippen LogP contribution is 2.34. The Bertz CT molecular complexity index is 4760. The largest absolute Gasteiger partial charge is 0.461 e. The van der Waals surface area contributed by atoms with Gasteiger partial charge in [0.2, 0.25) is 5.91 Å². The van der Waals surface area contributed by atoms with Crippen LogP contribution in [-0.2, 0) is 65.4 Å². The van der Waals surface area contributed by atoms with Crippen molar-refractivity contribution in [3.63, 3.8) is 0 Å². The van der Waals surface area contributed by atoms with Crippen LogP contribution in [0.2, 0.25) is 0 Å². The Kier molecular flexibility index (Phi) is 24.5. The van der Waals surface area contributed by atoms with Gasteiger partial charge in [-0.15, -0.1) is 0 Å². The maximum Gasteiger partial charge on any atom is 0.433 e. The molecule has 13 nitrogen and oxygen atoms in total. The molecule has 10 aromatic heterocycles. The summed E-state index contributed by atoms with van der Waals surface area (Å²) in [5, 5.41) is 11.7. The predicted molar refractivity (Wildman–Crippen MR) is 392 cm³/mol. The lowest BCUT2D eigenvalue weighted by Gasteiger charge is -2.09. The van der Waals surface area contributed by atoms with Crippen LogP contribution < -0.4 is 5.32 Å². The van der Waals surface area contributed by atoms with Gasteiger partial charge in [0.25, 0.3) is 0 Å². The molecule has 2 N–H and O–H groups in total. The molecule has 14 aromatic rings. The van der Waals surface area contributed by atoms with Crippen molar-refractivity contribution in [2.45, 2.75) is 73.8 Å². The van der Waals surface area contributed by atoms with E-state index in [4.69, 9.17) is 18.4 Å². The van der Waals surface area contributed by atoms with Crippen molar-refractivity contribution in [2.24, 2.45) is 35.2 Å². The van der Waals surface area contributed by atoms with Gasteiger partial charge in [-0.25, -0.2) is 0 Å². The molecule has 0 radical (unpaired) electrons. The zero-order valence-corrected chi connectivity index (χ0v) is 59.0. The van der Waals surface area contributed by atoms with Crippen LogP contribution in [0, 0.1) is 48.5 Å². The maximum atomic E-state index is 12.4. The number of benzene rings is 4. The van der Waals surface area contributed by atoms with Crippen molar-refractivity contribution >= 4 is 11.6 Å². The van der Waals surface area contributed by atoms with Gasteiger partial charge in [0.15, 0.2) is 0 Å². The second-order valence-corrected chi connectivity index (χ2v) is 24.5. The number of halogens is 6. The van der Waals surface area contributed by atoms with Crippen LogP contribution in [0.15, 0.2) is 257 Å². The van der Waals surface area contributed by atoms with Gasteiger partial charge in [0.1, 0.15) is 40.3 Å². The van der Waals surface area contributed by atoms with E-state index >= 15 is 0 Å². The number of rotatable bonds is 8. The topological polar surface area (TPSA) is 139 Å². The zero-order valence-electron chi connectivity index (χ0n) is 59.0. The van der Waals surface area contributed by atoms with E-state index in [0.29, 0.717) is 12.0 Å². The number of anilines is 1. The molecule has 0 saturated carbocycles. The first-order chi connectivity index (χ1) is 48.6. The lowest BCUT2D eigenvalue weighted by atomic mass is 10.1. The van der Waals surface area contributed by atoms with Crippen molar-refractivity contribution in [2.75, 3.05) is 5.32 Å². The average molecular weight is 1390 g/mol. The number of amides is 1. The van der Waals surface area contributed by atoms with E-state index in [1.807, 2.05) is 209 Å². The molecule has 0 atom stereocenters. The minimum absolute atomic E-state index is 0.0581. The molecule has 526 valence electrons. The second-order valence-electron chi connectivity index (χ2n) is 24.5. The number of alkyl halides is 6. The van der Waals surface area contributed by atoms with Gasteiger partial charge < -0.3 is 46.5 Å². The summed E-state index contributed by atoms with van der Waals surface area (Å²) in [7, 11) is 9.92. The summed E-state index contributed by atoms with van der Waals surface area (Å²) in [5.74, 6) is 5.47. The van der Waals surface area contributed by atoms with Gasteiger partial charge in [-0.2, -0.15) is 26.3 Å². The van der Waals surface area contributed by atoms with Crippen molar-refractivity contribution in [1.29, 1.82) is 0 Å². The Labute approximate surface area is 590 Å². The highest BCUT2D eigenvalue weighted by Gasteiger charge is 2.32. The van der Waals surface area contributed by atoms with Gasteiger partial charge >= 0.3 is 12.4 Å². The minimum atomic E-state index is -4.39. The lowest BCUT2D eigenvalue weighted by molar-refractivity contribution is -0.141. The number of nitrogens with zero attached hydrogens (tertiary/aromatic N) is 7. The number of aromatic nitrogens is 7. The van der Waals surface area contributed by atoms with Crippen LogP contribution >= 0.6 is 0 Å². The molecule has 1 aliphatic rings. The van der Waals surface area contributed by atoms with Gasteiger partial charge in [-0.05, 0) is 216 Å². The quantitative estimate of drug-likeness (QED) is 0.144. The molecule has 1 aliphatic heterocycles. The van der Waals surface area contributed by atoms with Crippen LogP contribution in [-0.4, -0.2) is 43.8 Å². The second kappa shape index (κ2) is 33.5. The first-order valence-corrected chi connectivity index (χ1v) is 32.7. The molecule has 0 aliphatic carbocycles. The summed E-state index contributed by atoms with van der Waals surface area (Å²) in [6.45, 7) is 14.0. The molecule has 1 amide bonds. The first kappa shape index (κ1) is 74.6. The fraction of sp³-hybridized carbons (Fsp3) is 0.193. The van der Waals surface area contributed by atoms with E-state index in [1.165, 1.54) is 52.7 Å². The standard InChI is InChI=1S/C13H12F3N.C13H11NO2.C12H11F3N2.C12H13N.C12H12O2.C11H12N2.C10H11NO/c1-9-3-8-12(17(9)2)10-4-6-11(7-5-10)13(14,15)16;1-8-2-5-12(16-8)9-3-4-11-10(6-9)7-13(15)14-11;1-8-3-5-10(17(8)2)9-4-6-11(16-7-9)12(13,14)15;1-10-8-9-12(13(10)2)11-6-4-3-5-7-11;1-9-2-7-12(14-9)11-5-3-10(8-13)4-6-11;1-9-5-6-11(13(9)2)10-4-3-7-12-8-10;1-8-3-4-10(12-8)9-5-6-11(2)7-9/h3-8H,1-2H3;2-6H,7H2,1H3,(H,14,15);3-7H,1-2H3;3-9H,1-2H3;2-7,13H,8H2,1H3;3-8H,1-2H3;3-7H,1-2H3. The summed E-state index contributed by atoms with van der Waals surface area (Å²) >= 11 is 0. The molecular formula is C83H82F6N8O5. The Hall–Kier alpha value is -11.6. The molecule has 19 heteroatoms. The molecule has 102 heavy (non-hydrogen) atoms. The SMILES string of the molecule is Cc1ccc(-c2ccc(C(F)(F)F)cc2)n1C.Cc1ccc(-c2ccc(C(F)(F)F)nc2)n1C.Cc1ccc(-c2ccc(CO)cc2)o1.Cc1ccc(-c2ccc3c(c2)CC(=O)N3)o1.Cc1ccc(-c2ccccc2)n1C.Cc1ccc(-c2cccnc2)n1C.Cc1ccc(-c2ccn(C)c2)o1. The number of aliphatic hydroxyl groups excluding tert-OH is 1. The van der Waals surface area contributed by atoms with Crippen molar-refractivity contribution in [1.82, 2.24) is 32.8 Å². The molecule has 4 aromatic carbocycles. The molecule has 0 fully saturated rings. The fourth-order valence-electron chi connectivity index (χ4n) is 10.9. The molecule has 0 saturated heterocycles. The molecule has 0 spiro atoms. The summed E-state index contributed by atoms with van der Waals surface area (Å²) < 4.78 is 101. The monoisotopic (exact) mass is 1380 g/mol. The third-order valence-corrected chi connectivity index (χ3v) is 17.1. The number of furan rings is 3. The van der Waals surface area contributed by atoms with E-state index in [-0.39, 0.29) is 12.5 Å². The first-order valence-electron chi connectivity index (χ1n) is 32.7. The highest BCUT2D eigenvalue weighted by atomic mass is 19.4. The number of hydrogen-bond donors (Lipinski definition) is 2. The normalized spacial score (nSPS) is 11.4. The van der Waals surface area contributed by atoms with Crippen molar-refractivity contribution in [3.8, 4) is 79.0 Å². The summed E-state index contributed by atoms with van der Waals surface area (Å²) in [4.78, 5) is 18.8. The number of fused-ring (bicyclic) bond motifs is 1. The molecule has 0 unspecified atom stereocenters. The Morgan fingerprint density at radius 2 is 0.882 bits per heavy atom. The maximum absolute atomic E-state index is 12.4. The van der Waals surface area contributed by atoms with E-state index in [1.54, 1.807) is 6.20 Å². The highest BCUT2D eigenvalue weighted by molar-refractivity contribution is 5.99. The average Bonchev–Trinajstić information content (AvgIpc) is 1.61. The van der Waals surface area contributed by atoms with Crippen LogP contribution in [0.3, 0.4) is 0 Å². The molecule has 15 rings (SSSR count). The number of nitrogens with one attached hydrogen (secondary N) is 1. The van der Waals surface area contributed by atoms with Gasteiger partial charge in [0.05, 0.1) is 18.6 Å². The number of hydrogen-bond acceptors (Lipinski definition) is 7. The van der Waals surface area contributed by atoms with Crippen LogP contribution in [0.25, 0.3) is 79.0 Å². The Morgan fingerprint density at radius 1 is 0.441 bits per heavy atom. The summed E-state index contributed by atoms with van der Waals surface area (Å²) in [6.07, 6.45) is 0.769. The minimum Gasteiger partial charge on any atom is -0.461 e. The van der Waals surface area contributed by atoms with E-state index in [0.717, 1.165) is 120 Å². The molecular weight excluding hydrogens is 1300 g/mol. The number of aryl methyl sites for hydroxylation is 8. The van der Waals surface area contributed by atoms with E-state index < -0.39 is 23.6 Å². The van der Waals surface area contributed by atoms with E-state index in [2.05, 4.69) is 107 Å². The number of pyridine rings is 2. The third kappa shape index (κ3) is 19.7. The van der Waals surface area contributed by atoms with Crippen LogP contribution in [0.4, 0.5) is 32.0 Å². The van der Waals surface area contributed by atoms with Crippen LogP contribution in [0.5, 0.6) is 0 Å². The summed E-state index contributed by atoms with van der Waals surface area (Å²) in [6, 6.07) is 65.6. The van der Waals surface area contributed by atoms with Gasteiger partial charge in [0, 0.05) is 145 Å². The van der Waals surface area contributed by atoms with Crippen molar-refractivity contribution < 1.29 is 49.5 Å². The Balaban J connectivity index is 0.000000139. The third-order valence-electron chi connectivity index (χ3n) is 17.1. The van der Waals surface area contributed by atoms with Crippen LogP contribution in [0.1, 0.15) is 62.4 Å². The van der Waals surface area contributed by atoms with Gasteiger partial charge in [-0.1, -0.05) is 66.7 Å². The molecule has 11 heterocycles. The summed E-state index contributed by atoms with van der Waals surface area (Å²) in [5.41, 5.74) is 17.4. The smallest absolute Gasteiger partial charge is 0.433 e. The number of carbonyl (C=O) groups excluding carboxylic acids is 1. The zero-order chi connectivity index (χ0) is 73.4. The van der Waals surface area contributed by atoms with Gasteiger partial charge in [-0.3, -0.25) is 14.8 Å². The Morgan fingerprint density at radius 3 is 1.28 bits per heavy atom.